The predicted molar refractivity (Wildman–Crippen MR) is 68.6 cm³/mol. The van der Waals surface area contributed by atoms with E-state index in [0.29, 0.717) is 6.42 Å². The molecule has 0 aliphatic heterocycles. The highest BCUT2D eigenvalue weighted by molar-refractivity contribution is 5.75. The minimum Gasteiger partial charge on any atom is -0.277 e. The number of nitrogens with one attached hydrogen (secondary N) is 1. The first-order valence-electron chi connectivity index (χ1n) is 5.84. The molecule has 1 aromatic carbocycles. The zero-order valence-corrected chi connectivity index (χ0v) is 11.0. The van der Waals surface area contributed by atoms with Crippen LogP contribution >= 0.6 is 0 Å². The van der Waals surface area contributed by atoms with E-state index in [1.165, 1.54) is 18.2 Å². The van der Waals surface area contributed by atoms with Gasteiger partial charge in [-0.05, 0) is 23.0 Å². The topological polar surface area (TPSA) is 38.3 Å². The second kappa shape index (κ2) is 5.82. The largest absolute Gasteiger partial charge is 0.277 e. The summed E-state index contributed by atoms with van der Waals surface area (Å²) in [6, 6.07) is 8.43. The maximum absolute atomic E-state index is 11.2. The molecule has 0 spiro atoms. The summed E-state index contributed by atoms with van der Waals surface area (Å²) in [4.78, 5) is 15.8. The van der Waals surface area contributed by atoms with Crippen LogP contribution in [0.1, 0.15) is 38.3 Å². The van der Waals surface area contributed by atoms with Crippen LogP contribution in [0, 0.1) is 0 Å². The number of aryl methyl sites for hydroxylation is 1. The third-order valence-electron chi connectivity index (χ3n) is 2.68. The zero-order chi connectivity index (χ0) is 12.9. The van der Waals surface area contributed by atoms with Crippen LogP contribution in [0.4, 0.5) is 0 Å². The smallest absolute Gasteiger partial charge is 0.243 e. The van der Waals surface area contributed by atoms with E-state index < -0.39 is 0 Å². The quantitative estimate of drug-likeness (QED) is 0.815. The van der Waals surface area contributed by atoms with E-state index in [1.807, 2.05) is 0 Å². The van der Waals surface area contributed by atoms with Gasteiger partial charge in [0.15, 0.2) is 0 Å². The molecular formula is C14H21NO2. The Labute approximate surface area is 103 Å². The lowest BCUT2D eigenvalue weighted by Crippen LogP contribution is -2.21. The molecule has 0 unspecified atom stereocenters. The van der Waals surface area contributed by atoms with Gasteiger partial charge in [0.25, 0.3) is 0 Å². The fraction of sp³-hybridized carbons (Fsp3) is 0.500. The Balaban J connectivity index is 2.54. The second-order valence-corrected chi connectivity index (χ2v) is 5.18. The maximum Gasteiger partial charge on any atom is 0.243 e. The van der Waals surface area contributed by atoms with Gasteiger partial charge in [-0.3, -0.25) is 9.63 Å². The van der Waals surface area contributed by atoms with E-state index in [-0.39, 0.29) is 11.3 Å². The zero-order valence-electron chi connectivity index (χ0n) is 11.0. The van der Waals surface area contributed by atoms with Crippen molar-refractivity contribution in [3.8, 4) is 0 Å². The molecule has 0 heterocycles. The molecule has 0 saturated carbocycles. The minimum atomic E-state index is -0.0904. The van der Waals surface area contributed by atoms with Gasteiger partial charge in [-0.1, -0.05) is 45.0 Å². The number of carbonyl (C=O) groups excluding carboxylic acids is 1. The summed E-state index contributed by atoms with van der Waals surface area (Å²) >= 11 is 0. The van der Waals surface area contributed by atoms with Gasteiger partial charge in [-0.2, -0.15) is 0 Å². The fourth-order valence-electron chi connectivity index (χ4n) is 1.59. The first-order chi connectivity index (χ1) is 7.93. The predicted octanol–water partition coefficient (Wildman–Crippen LogP) is 2.59. The first kappa shape index (κ1) is 13.7. The molecule has 3 nitrogen and oxygen atoms in total. The van der Waals surface area contributed by atoms with Crippen LogP contribution in [0.2, 0.25) is 0 Å². The fourth-order valence-corrected chi connectivity index (χ4v) is 1.59. The van der Waals surface area contributed by atoms with E-state index >= 15 is 0 Å². The van der Waals surface area contributed by atoms with E-state index in [9.17, 15) is 4.79 Å². The van der Waals surface area contributed by atoms with Crippen LogP contribution in [0.5, 0.6) is 0 Å². The molecule has 0 atom stereocenters. The van der Waals surface area contributed by atoms with Gasteiger partial charge in [-0.25, -0.2) is 5.48 Å². The van der Waals surface area contributed by atoms with Gasteiger partial charge >= 0.3 is 0 Å². The van der Waals surface area contributed by atoms with E-state index in [0.717, 1.165) is 6.42 Å². The molecule has 94 valence electrons. The Morgan fingerprint density at radius 3 is 2.29 bits per heavy atom. The average Bonchev–Trinajstić information content (AvgIpc) is 2.26. The molecule has 0 radical (unpaired) electrons. The third-order valence-corrected chi connectivity index (χ3v) is 2.68. The van der Waals surface area contributed by atoms with Gasteiger partial charge in [0, 0.05) is 6.42 Å². The molecule has 0 aliphatic carbocycles. The summed E-state index contributed by atoms with van der Waals surface area (Å²) in [5, 5.41) is 0. The van der Waals surface area contributed by atoms with Crippen molar-refractivity contribution in [2.45, 2.75) is 39.0 Å². The lowest BCUT2D eigenvalue weighted by molar-refractivity contribution is -0.131. The third kappa shape index (κ3) is 4.57. The molecule has 3 heteroatoms. The highest BCUT2D eigenvalue weighted by atomic mass is 16.6. The van der Waals surface area contributed by atoms with Gasteiger partial charge in [0.1, 0.15) is 0 Å². The van der Waals surface area contributed by atoms with E-state index in [2.05, 4.69) is 55.4 Å². The van der Waals surface area contributed by atoms with Crippen LogP contribution in [0.15, 0.2) is 24.3 Å². The van der Waals surface area contributed by atoms with Crippen molar-refractivity contribution >= 4 is 5.91 Å². The number of carbonyl (C=O) groups is 1. The first-order valence-corrected chi connectivity index (χ1v) is 5.84. The highest BCUT2D eigenvalue weighted by Crippen LogP contribution is 2.22. The number of hydroxylamine groups is 1. The number of amides is 1. The summed E-state index contributed by atoms with van der Waals surface area (Å²) < 4.78 is 0. The summed E-state index contributed by atoms with van der Waals surface area (Å²) in [6.07, 6.45) is 1.18. The molecule has 1 N–H and O–H groups in total. The summed E-state index contributed by atoms with van der Waals surface area (Å²) in [7, 11) is 1.44. The number of hydrogen-bond donors (Lipinski definition) is 1. The van der Waals surface area contributed by atoms with E-state index in [4.69, 9.17) is 0 Å². The normalized spacial score (nSPS) is 11.3. The van der Waals surface area contributed by atoms with Crippen molar-refractivity contribution in [2.75, 3.05) is 7.11 Å². The van der Waals surface area contributed by atoms with Crippen molar-refractivity contribution in [1.82, 2.24) is 5.48 Å². The molecular weight excluding hydrogens is 214 g/mol. The van der Waals surface area contributed by atoms with Crippen LogP contribution in [0.25, 0.3) is 0 Å². The molecule has 0 saturated heterocycles. The lowest BCUT2D eigenvalue weighted by atomic mass is 9.86. The minimum absolute atomic E-state index is 0.0904. The van der Waals surface area contributed by atoms with Crippen LogP contribution in [-0.4, -0.2) is 13.0 Å². The molecule has 0 aliphatic rings. The Morgan fingerprint density at radius 1 is 1.24 bits per heavy atom. The van der Waals surface area contributed by atoms with Gasteiger partial charge in [0.2, 0.25) is 5.91 Å². The monoisotopic (exact) mass is 235 g/mol. The molecule has 17 heavy (non-hydrogen) atoms. The summed E-state index contributed by atoms with van der Waals surface area (Å²) in [5.41, 5.74) is 4.96. The maximum atomic E-state index is 11.2. The summed E-state index contributed by atoms with van der Waals surface area (Å²) in [6.45, 7) is 6.57. The Hall–Kier alpha value is -1.35. The number of rotatable bonds is 4. The molecule has 1 amide bonds. The van der Waals surface area contributed by atoms with Gasteiger partial charge < -0.3 is 0 Å². The lowest BCUT2D eigenvalue weighted by Gasteiger charge is -2.19. The molecule has 1 rings (SSSR count). The number of hydrogen-bond acceptors (Lipinski definition) is 2. The van der Waals surface area contributed by atoms with Gasteiger partial charge in [-0.15, -0.1) is 0 Å². The molecule has 1 aromatic rings. The number of benzene rings is 1. The van der Waals surface area contributed by atoms with Crippen LogP contribution < -0.4 is 5.48 Å². The second-order valence-electron chi connectivity index (χ2n) is 5.18. The van der Waals surface area contributed by atoms with Crippen molar-refractivity contribution < 1.29 is 9.63 Å². The van der Waals surface area contributed by atoms with Crippen molar-refractivity contribution in [1.29, 1.82) is 0 Å². The molecule has 0 bridgehead atoms. The Bertz CT molecular complexity index is 363. The van der Waals surface area contributed by atoms with Crippen LogP contribution in [0.3, 0.4) is 0 Å². The Kier molecular flexibility index (Phi) is 4.70. The standard InChI is InChI=1S/C14H21NO2/c1-14(2,3)12-8-5-11(6-9-12)7-10-13(16)15-17-4/h5-6,8-9H,7,10H2,1-4H3,(H,15,16). The van der Waals surface area contributed by atoms with Crippen molar-refractivity contribution in [2.24, 2.45) is 0 Å². The Morgan fingerprint density at radius 2 is 1.82 bits per heavy atom. The highest BCUT2D eigenvalue weighted by Gasteiger charge is 2.12. The van der Waals surface area contributed by atoms with Gasteiger partial charge in [0.05, 0.1) is 7.11 Å². The van der Waals surface area contributed by atoms with Crippen molar-refractivity contribution in [3.63, 3.8) is 0 Å². The molecule has 0 fully saturated rings. The SMILES string of the molecule is CONC(=O)CCc1ccc(C(C)(C)C)cc1. The molecule has 0 aromatic heterocycles. The van der Waals surface area contributed by atoms with Crippen molar-refractivity contribution in [3.05, 3.63) is 35.4 Å². The van der Waals surface area contributed by atoms with Crippen LogP contribution in [-0.2, 0) is 21.5 Å². The summed E-state index contributed by atoms with van der Waals surface area (Å²) in [5.74, 6) is -0.0904. The van der Waals surface area contributed by atoms with E-state index in [1.54, 1.807) is 0 Å². The average molecular weight is 235 g/mol.